The predicted molar refractivity (Wildman–Crippen MR) is 60.2 cm³/mol. The first-order chi connectivity index (χ1) is 8.53. The number of nitrogens with zero attached hydrogens (tertiary/aromatic N) is 3. The van der Waals surface area contributed by atoms with Crippen molar-refractivity contribution in [2.75, 3.05) is 13.1 Å². The molecule has 0 spiro atoms. The molecule has 1 amide bonds. The number of hydrogen-bond donors (Lipinski definition) is 1. The van der Waals surface area contributed by atoms with Gasteiger partial charge >= 0.3 is 0 Å². The lowest BCUT2D eigenvalue weighted by Crippen LogP contribution is -2.62. The van der Waals surface area contributed by atoms with E-state index in [0.29, 0.717) is 18.8 Å². The van der Waals surface area contributed by atoms with Gasteiger partial charge < -0.3 is 9.90 Å². The Morgan fingerprint density at radius 2 is 2.06 bits per heavy atom. The van der Waals surface area contributed by atoms with Crippen molar-refractivity contribution in [3.63, 3.8) is 0 Å². The molecule has 2 heterocycles. The van der Waals surface area contributed by atoms with E-state index >= 15 is 0 Å². The molecule has 0 bridgehead atoms. The van der Waals surface area contributed by atoms with Crippen LogP contribution in [-0.2, 0) is 0 Å². The maximum Gasteiger partial charge on any atom is 0.293 e. The molecule has 1 N–H and O–H groups in total. The van der Waals surface area contributed by atoms with Crippen molar-refractivity contribution in [3.05, 3.63) is 28.6 Å². The molecule has 0 saturated carbocycles. The highest BCUT2D eigenvalue weighted by Crippen LogP contribution is 2.28. The van der Waals surface area contributed by atoms with Crippen molar-refractivity contribution in [3.8, 4) is 0 Å². The molecule has 18 heavy (non-hydrogen) atoms. The van der Waals surface area contributed by atoms with E-state index in [1.165, 1.54) is 12.3 Å². The molecule has 0 aromatic carbocycles. The fourth-order valence-corrected chi connectivity index (χ4v) is 2.23. The summed E-state index contributed by atoms with van der Waals surface area (Å²) in [7, 11) is 0. The predicted octanol–water partition coefficient (Wildman–Crippen LogP) is -0.0612. The van der Waals surface area contributed by atoms with Gasteiger partial charge in [-0.15, -0.1) is 0 Å². The fraction of sp³-hybridized carbons (Fsp3) is 0.400. The maximum absolute atomic E-state index is 10.8. The third-order valence-corrected chi connectivity index (χ3v) is 3.05. The fourth-order valence-electron chi connectivity index (χ4n) is 2.23. The second kappa shape index (κ2) is 4.57. The quantitative estimate of drug-likeness (QED) is 0.460. The monoisotopic (exact) mass is 252 g/mol. The number of pyridine rings is 1. The molecule has 1 aliphatic heterocycles. The van der Waals surface area contributed by atoms with Crippen molar-refractivity contribution >= 4 is 17.5 Å². The van der Waals surface area contributed by atoms with E-state index in [1.807, 2.05) is 0 Å². The Labute approximate surface area is 103 Å². The molecule has 8 nitrogen and oxygen atoms in total. The lowest BCUT2D eigenvalue weighted by atomic mass is 10.3. The van der Waals surface area contributed by atoms with E-state index in [1.54, 1.807) is 0 Å². The van der Waals surface area contributed by atoms with Crippen LogP contribution in [0.4, 0.5) is 16.2 Å². The van der Waals surface area contributed by atoms with E-state index in [2.05, 4.69) is 10.4 Å². The number of hydrogen-bond acceptors (Lipinski definition) is 5. The first-order valence-electron chi connectivity index (χ1n) is 5.50. The van der Waals surface area contributed by atoms with Gasteiger partial charge in [0.2, 0.25) is 0 Å². The summed E-state index contributed by atoms with van der Waals surface area (Å²) in [6, 6.07) is 1.34. The van der Waals surface area contributed by atoms with E-state index in [9.17, 15) is 20.0 Å². The van der Waals surface area contributed by atoms with E-state index in [-0.39, 0.29) is 10.3 Å². The van der Waals surface area contributed by atoms with Crippen LogP contribution < -0.4 is 15.1 Å². The second-order valence-corrected chi connectivity index (χ2v) is 4.18. The van der Waals surface area contributed by atoms with Crippen LogP contribution in [0.3, 0.4) is 0 Å². The lowest BCUT2D eigenvalue weighted by Gasteiger charge is -2.33. The topological polar surface area (TPSA) is 108 Å². The Morgan fingerprint density at radius 1 is 1.39 bits per heavy atom. The van der Waals surface area contributed by atoms with Gasteiger partial charge in [-0.1, -0.05) is 0 Å². The lowest BCUT2D eigenvalue weighted by molar-refractivity contribution is -0.385. The molecular formula is C10H12N4O4. The molecular weight excluding hydrogens is 240 g/mol. The van der Waals surface area contributed by atoms with Crippen LogP contribution in [0, 0.1) is 10.1 Å². The second-order valence-electron chi connectivity index (χ2n) is 4.18. The van der Waals surface area contributed by atoms with Gasteiger partial charge in [-0.3, -0.25) is 15.1 Å². The molecule has 8 heteroatoms. The van der Waals surface area contributed by atoms with Crippen LogP contribution in [0.25, 0.3) is 0 Å². The number of amides is 1. The minimum Gasteiger partial charge on any atom is -0.526 e. The summed E-state index contributed by atoms with van der Waals surface area (Å²) in [4.78, 5) is 24.7. The summed E-state index contributed by atoms with van der Waals surface area (Å²) >= 11 is 0. The minimum atomic E-state index is -1.40. The van der Waals surface area contributed by atoms with Gasteiger partial charge in [0, 0.05) is 12.8 Å². The molecule has 1 aromatic rings. The maximum atomic E-state index is 10.8. The minimum absolute atomic E-state index is 0.0585. The number of carbonyl (C=O) groups is 1. The van der Waals surface area contributed by atoms with Gasteiger partial charge in [0.1, 0.15) is 19.3 Å². The van der Waals surface area contributed by atoms with Crippen molar-refractivity contribution in [1.82, 2.24) is 15.0 Å². The van der Waals surface area contributed by atoms with Crippen molar-refractivity contribution in [2.45, 2.75) is 12.8 Å². The highest BCUT2D eigenvalue weighted by molar-refractivity contribution is 5.64. The number of quaternary nitrogens is 1. The van der Waals surface area contributed by atoms with Gasteiger partial charge in [-0.2, -0.15) is 4.59 Å². The van der Waals surface area contributed by atoms with E-state index in [0.717, 1.165) is 19.0 Å². The van der Waals surface area contributed by atoms with Crippen molar-refractivity contribution < 1.29 is 14.8 Å². The van der Waals surface area contributed by atoms with Gasteiger partial charge in [0.25, 0.3) is 5.69 Å². The average Bonchev–Trinajstić information content (AvgIpc) is 2.78. The summed E-state index contributed by atoms with van der Waals surface area (Å²) in [5, 5.41) is 21.5. The smallest absolute Gasteiger partial charge is 0.293 e. The normalized spacial score (nSPS) is 17.3. The molecule has 0 atom stereocenters. The zero-order valence-electron chi connectivity index (χ0n) is 9.54. The summed E-state index contributed by atoms with van der Waals surface area (Å²) in [5.41, 5.74) is 2.63. The first-order valence-corrected chi connectivity index (χ1v) is 5.50. The summed E-state index contributed by atoms with van der Waals surface area (Å²) in [5.74, 6) is 0. The molecule has 0 radical (unpaired) electrons. The van der Waals surface area contributed by atoms with Crippen LogP contribution in [-0.4, -0.2) is 29.1 Å². The summed E-state index contributed by atoms with van der Waals surface area (Å²) < 4.78 is -0.0585. The molecule has 2 rings (SSSR count). The molecule has 1 saturated heterocycles. The average molecular weight is 252 g/mol. The van der Waals surface area contributed by atoms with Gasteiger partial charge in [-0.25, -0.2) is 5.43 Å². The van der Waals surface area contributed by atoms with Crippen LogP contribution in [0.15, 0.2) is 18.5 Å². The largest absolute Gasteiger partial charge is 0.526 e. The number of rotatable bonds is 3. The van der Waals surface area contributed by atoms with Crippen molar-refractivity contribution in [1.29, 1.82) is 0 Å². The number of carbonyl (C=O) groups excluding carboxylic acids is 1. The third-order valence-electron chi connectivity index (χ3n) is 3.05. The van der Waals surface area contributed by atoms with Crippen LogP contribution in [0.1, 0.15) is 12.8 Å². The van der Waals surface area contributed by atoms with Gasteiger partial charge in [-0.05, 0) is 0 Å². The Bertz CT molecular complexity index is 485. The standard InChI is InChI=1S/C10H12N4O4/c15-10(16)12-14(3-1-2-4-14)9-5-8(13(17)18)6-11-7-9/h5-7,12H,1-4H2. The highest BCUT2D eigenvalue weighted by atomic mass is 16.6. The zero-order chi connectivity index (χ0) is 13.2. The molecule has 0 aliphatic carbocycles. The van der Waals surface area contributed by atoms with Gasteiger partial charge in [0.05, 0.1) is 17.2 Å². The number of nitrogens with one attached hydrogen (secondary N) is 1. The SMILES string of the molecule is O=C([O-])N[N+]1(c2cncc([N+](=O)[O-])c2)CCCC1. The summed E-state index contributed by atoms with van der Waals surface area (Å²) in [6.07, 6.45) is 2.85. The van der Waals surface area contributed by atoms with Gasteiger partial charge in [0.15, 0.2) is 11.8 Å². The molecule has 0 unspecified atom stereocenters. The number of aromatic nitrogens is 1. The molecule has 1 fully saturated rings. The van der Waals surface area contributed by atoms with Crippen LogP contribution >= 0.6 is 0 Å². The first kappa shape index (κ1) is 12.2. The van der Waals surface area contributed by atoms with E-state index in [4.69, 9.17) is 0 Å². The van der Waals surface area contributed by atoms with Crippen LogP contribution in [0.2, 0.25) is 0 Å². The third kappa shape index (κ3) is 2.23. The number of carboxylic acid groups (broad SMARTS) is 1. The molecule has 1 aromatic heterocycles. The highest BCUT2D eigenvalue weighted by Gasteiger charge is 2.36. The molecule has 96 valence electrons. The van der Waals surface area contributed by atoms with Crippen LogP contribution in [0.5, 0.6) is 0 Å². The molecule has 1 aliphatic rings. The Balaban J connectivity index is 2.39. The Kier molecular flexibility index (Phi) is 3.11. The number of nitro groups is 1. The van der Waals surface area contributed by atoms with Crippen molar-refractivity contribution in [2.24, 2.45) is 0 Å². The van der Waals surface area contributed by atoms with E-state index < -0.39 is 11.0 Å². The Morgan fingerprint density at radius 3 is 2.61 bits per heavy atom. The summed E-state index contributed by atoms with van der Waals surface area (Å²) in [6.45, 7) is 1.08. The zero-order valence-corrected chi connectivity index (χ0v) is 9.54. The Hall–Kier alpha value is -2.22.